The molecule has 0 saturated carbocycles. The highest BCUT2D eigenvalue weighted by Gasteiger charge is 2.23. The van der Waals surface area contributed by atoms with Crippen LogP contribution in [0.5, 0.6) is 0 Å². The van der Waals surface area contributed by atoms with E-state index in [-0.39, 0.29) is 0 Å². The Morgan fingerprint density at radius 1 is 1.83 bits per heavy atom. The lowest BCUT2D eigenvalue weighted by Gasteiger charge is -2.29. The van der Waals surface area contributed by atoms with E-state index in [0.29, 0.717) is 26.2 Å². The van der Waals surface area contributed by atoms with Crippen LogP contribution in [-0.4, -0.2) is 43.2 Å². The van der Waals surface area contributed by atoms with Crippen molar-refractivity contribution in [1.82, 2.24) is 4.90 Å². The first kappa shape index (κ1) is 8.97. The van der Waals surface area contributed by atoms with Crippen LogP contribution in [0.3, 0.4) is 0 Å². The molecule has 2 N–H and O–H groups in total. The molecule has 5 heteroatoms. The average molecular weight is 169 g/mol. The van der Waals surface area contributed by atoms with Crippen molar-refractivity contribution in [3.8, 4) is 6.07 Å². The van der Waals surface area contributed by atoms with Gasteiger partial charge in [0.1, 0.15) is 6.10 Å². The molecular weight excluding hydrogens is 158 g/mol. The third-order valence-corrected chi connectivity index (χ3v) is 1.76. The zero-order valence-corrected chi connectivity index (χ0v) is 6.69. The van der Waals surface area contributed by atoms with E-state index in [4.69, 9.17) is 15.7 Å². The van der Waals surface area contributed by atoms with Crippen molar-refractivity contribution in [3.05, 3.63) is 0 Å². The third kappa shape index (κ3) is 2.19. The maximum atomic E-state index is 10.7. The van der Waals surface area contributed by atoms with Crippen molar-refractivity contribution in [2.75, 3.05) is 26.2 Å². The van der Waals surface area contributed by atoms with E-state index < -0.39 is 12.0 Å². The van der Waals surface area contributed by atoms with E-state index in [2.05, 4.69) is 0 Å². The molecule has 1 fully saturated rings. The van der Waals surface area contributed by atoms with Gasteiger partial charge in [0.25, 0.3) is 0 Å². The summed E-state index contributed by atoms with van der Waals surface area (Å²) >= 11 is 0. The van der Waals surface area contributed by atoms with Crippen LogP contribution in [-0.2, 0) is 9.53 Å². The van der Waals surface area contributed by atoms with Gasteiger partial charge >= 0.3 is 0 Å². The Morgan fingerprint density at radius 3 is 3.17 bits per heavy atom. The number of hydrogen-bond donors (Lipinski definition) is 1. The predicted molar refractivity (Wildman–Crippen MR) is 41.0 cm³/mol. The summed E-state index contributed by atoms with van der Waals surface area (Å²) in [6.07, 6.45) is -0.549. The normalized spacial score (nSPS) is 24.8. The maximum absolute atomic E-state index is 10.7. The number of nitrogens with two attached hydrogens (primary N) is 1. The zero-order valence-electron chi connectivity index (χ0n) is 6.69. The minimum Gasteiger partial charge on any atom is -0.367 e. The van der Waals surface area contributed by atoms with E-state index in [1.54, 1.807) is 0 Å². The second-order valence-corrected chi connectivity index (χ2v) is 2.66. The van der Waals surface area contributed by atoms with Gasteiger partial charge in [0.05, 0.1) is 19.2 Å². The Kier molecular flexibility index (Phi) is 3.02. The van der Waals surface area contributed by atoms with Gasteiger partial charge in [0, 0.05) is 13.1 Å². The molecule has 1 unspecified atom stereocenters. The van der Waals surface area contributed by atoms with Gasteiger partial charge in [-0.1, -0.05) is 0 Å². The second-order valence-electron chi connectivity index (χ2n) is 2.66. The fraction of sp³-hybridized carbons (Fsp3) is 0.714. The number of primary amides is 1. The minimum atomic E-state index is -0.549. The number of hydrogen-bond acceptors (Lipinski definition) is 4. The van der Waals surface area contributed by atoms with Crippen LogP contribution < -0.4 is 5.73 Å². The van der Waals surface area contributed by atoms with Crippen LogP contribution in [0, 0.1) is 11.3 Å². The molecule has 0 aromatic carbocycles. The van der Waals surface area contributed by atoms with Crippen molar-refractivity contribution in [2.24, 2.45) is 5.73 Å². The lowest BCUT2D eigenvalue weighted by Crippen LogP contribution is -2.48. The van der Waals surface area contributed by atoms with Crippen molar-refractivity contribution in [1.29, 1.82) is 5.26 Å². The molecule has 0 aliphatic carbocycles. The number of carbonyl (C=O) groups is 1. The summed E-state index contributed by atoms with van der Waals surface area (Å²) in [7, 11) is 0. The summed E-state index contributed by atoms with van der Waals surface area (Å²) in [5.74, 6) is -0.461. The van der Waals surface area contributed by atoms with Gasteiger partial charge in [-0.3, -0.25) is 9.69 Å². The standard InChI is InChI=1S/C7H11N3O2/c8-1-2-10-3-4-12-6(5-10)7(9)11/h6H,2-5H2,(H2,9,11). The van der Waals surface area contributed by atoms with E-state index in [0.717, 1.165) is 0 Å². The minimum absolute atomic E-state index is 0.327. The fourth-order valence-corrected chi connectivity index (χ4v) is 1.12. The first-order chi connectivity index (χ1) is 5.74. The van der Waals surface area contributed by atoms with E-state index in [1.807, 2.05) is 11.0 Å². The number of ether oxygens (including phenoxy) is 1. The monoisotopic (exact) mass is 169 g/mol. The Hall–Kier alpha value is -1.12. The van der Waals surface area contributed by atoms with Crippen LogP contribution in [0.4, 0.5) is 0 Å². The topological polar surface area (TPSA) is 79.3 Å². The van der Waals surface area contributed by atoms with Crippen LogP contribution in [0.25, 0.3) is 0 Å². The van der Waals surface area contributed by atoms with E-state index in [1.165, 1.54) is 0 Å². The highest BCUT2D eigenvalue weighted by atomic mass is 16.5. The molecule has 1 aliphatic heterocycles. The van der Waals surface area contributed by atoms with Gasteiger partial charge in [-0.15, -0.1) is 0 Å². The summed E-state index contributed by atoms with van der Waals surface area (Å²) in [5, 5.41) is 8.39. The van der Waals surface area contributed by atoms with Crippen molar-refractivity contribution >= 4 is 5.91 Å². The molecule has 0 aromatic heterocycles. The zero-order chi connectivity index (χ0) is 8.97. The summed E-state index contributed by atoms with van der Waals surface area (Å²) in [6.45, 7) is 1.92. The van der Waals surface area contributed by atoms with Gasteiger partial charge in [-0.05, 0) is 0 Å². The highest BCUT2D eigenvalue weighted by Crippen LogP contribution is 2.03. The molecule has 1 aliphatic rings. The summed E-state index contributed by atoms with van der Waals surface area (Å²) in [6, 6.07) is 2.02. The second kappa shape index (κ2) is 4.04. The Balaban J connectivity index is 2.41. The number of amides is 1. The molecule has 0 spiro atoms. The first-order valence-corrected chi connectivity index (χ1v) is 3.74. The molecule has 1 amide bonds. The predicted octanol–water partition coefficient (Wildman–Crippen LogP) is -1.30. The summed E-state index contributed by atoms with van der Waals surface area (Å²) in [5.41, 5.74) is 5.05. The fourth-order valence-electron chi connectivity index (χ4n) is 1.12. The Labute approximate surface area is 70.7 Å². The van der Waals surface area contributed by atoms with Crippen LogP contribution in [0.15, 0.2) is 0 Å². The number of carbonyl (C=O) groups excluding carboxylic acids is 1. The Bertz CT molecular complexity index is 211. The lowest BCUT2D eigenvalue weighted by molar-refractivity contribution is -0.134. The number of morpholine rings is 1. The summed E-state index contributed by atoms with van der Waals surface area (Å²) < 4.78 is 5.09. The van der Waals surface area contributed by atoms with Crippen LogP contribution >= 0.6 is 0 Å². The molecule has 66 valence electrons. The molecule has 1 atom stereocenters. The Morgan fingerprint density at radius 2 is 2.58 bits per heavy atom. The molecule has 0 bridgehead atoms. The van der Waals surface area contributed by atoms with Crippen molar-refractivity contribution in [3.63, 3.8) is 0 Å². The molecule has 0 radical (unpaired) electrons. The first-order valence-electron chi connectivity index (χ1n) is 3.74. The molecule has 1 rings (SSSR count). The van der Waals surface area contributed by atoms with Crippen LogP contribution in [0.2, 0.25) is 0 Å². The van der Waals surface area contributed by atoms with Gasteiger partial charge in [-0.25, -0.2) is 0 Å². The average Bonchev–Trinajstić information content (AvgIpc) is 2.05. The van der Waals surface area contributed by atoms with Gasteiger partial charge in [-0.2, -0.15) is 5.26 Å². The number of nitrogens with zero attached hydrogens (tertiary/aromatic N) is 2. The molecular formula is C7H11N3O2. The smallest absolute Gasteiger partial charge is 0.247 e. The molecule has 0 aromatic rings. The molecule has 1 saturated heterocycles. The molecule has 12 heavy (non-hydrogen) atoms. The highest BCUT2D eigenvalue weighted by molar-refractivity contribution is 5.79. The lowest BCUT2D eigenvalue weighted by atomic mass is 10.2. The van der Waals surface area contributed by atoms with E-state index >= 15 is 0 Å². The van der Waals surface area contributed by atoms with Crippen molar-refractivity contribution in [2.45, 2.75) is 6.10 Å². The van der Waals surface area contributed by atoms with Crippen molar-refractivity contribution < 1.29 is 9.53 Å². The third-order valence-electron chi connectivity index (χ3n) is 1.76. The van der Waals surface area contributed by atoms with Gasteiger partial charge in [0.15, 0.2) is 0 Å². The SMILES string of the molecule is N#CCN1CCOC(C(N)=O)C1. The quantitative estimate of drug-likeness (QED) is 0.521. The summed E-state index contributed by atoms with van der Waals surface area (Å²) in [4.78, 5) is 12.5. The van der Waals surface area contributed by atoms with Crippen LogP contribution in [0.1, 0.15) is 0 Å². The molecule has 1 heterocycles. The molecule has 5 nitrogen and oxygen atoms in total. The number of nitriles is 1. The van der Waals surface area contributed by atoms with Gasteiger partial charge in [0.2, 0.25) is 5.91 Å². The van der Waals surface area contributed by atoms with Gasteiger partial charge < -0.3 is 10.5 Å². The van der Waals surface area contributed by atoms with E-state index in [9.17, 15) is 4.79 Å². The largest absolute Gasteiger partial charge is 0.367 e. The number of rotatable bonds is 2. The maximum Gasteiger partial charge on any atom is 0.247 e.